The molecule has 0 amide bonds. The fraction of sp³-hybridized carbons (Fsp3) is 0.429. The third kappa shape index (κ3) is 5.19. The number of hydrogen-bond acceptors (Lipinski definition) is 2. The summed E-state index contributed by atoms with van der Waals surface area (Å²) in [4.78, 5) is 0. The van der Waals surface area contributed by atoms with Gasteiger partial charge in [0.15, 0.2) is 6.29 Å². The smallest absolute Gasteiger partial charge is 0.161 e. The van der Waals surface area contributed by atoms with Gasteiger partial charge in [-0.25, -0.2) is 0 Å². The summed E-state index contributed by atoms with van der Waals surface area (Å²) in [5.74, 6) is 0.524. The molecule has 0 aromatic heterocycles. The Morgan fingerprint density at radius 2 is 1.17 bits per heavy atom. The van der Waals surface area contributed by atoms with Crippen LogP contribution in [0.25, 0.3) is 0 Å². The Balaban J connectivity index is 1.58. The summed E-state index contributed by atoms with van der Waals surface area (Å²) < 4.78 is 12.3. The van der Waals surface area contributed by atoms with E-state index in [4.69, 9.17) is 9.47 Å². The third-order valence-corrected chi connectivity index (χ3v) is 4.55. The molecule has 0 radical (unpaired) electrons. The first-order valence-electron chi connectivity index (χ1n) is 8.73. The van der Waals surface area contributed by atoms with Crippen LogP contribution in [0.1, 0.15) is 43.2 Å². The largest absolute Gasteiger partial charge is 0.348 e. The Hall–Kier alpha value is -1.64. The molecule has 3 rings (SSSR count). The molecule has 122 valence electrons. The highest BCUT2D eigenvalue weighted by Gasteiger charge is 2.25. The second-order valence-corrected chi connectivity index (χ2v) is 6.36. The Morgan fingerprint density at radius 1 is 0.696 bits per heavy atom. The first-order chi connectivity index (χ1) is 11.4. The molecule has 2 aromatic rings. The lowest BCUT2D eigenvalue weighted by atomic mass is 9.89. The predicted octanol–water partition coefficient (Wildman–Crippen LogP) is 5.33. The van der Waals surface area contributed by atoms with Crippen molar-refractivity contribution in [2.45, 2.75) is 51.6 Å². The Kier molecular flexibility index (Phi) is 6.25. The molecule has 1 aliphatic carbocycles. The zero-order valence-electron chi connectivity index (χ0n) is 13.7. The van der Waals surface area contributed by atoms with Gasteiger partial charge >= 0.3 is 0 Å². The number of hydrogen-bond donors (Lipinski definition) is 0. The summed E-state index contributed by atoms with van der Waals surface area (Å²) in [6.45, 7) is 1.24. The third-order valence-electron chi connectivity index (χ3n) is 4.55. The normalized spacial score (nSPS) is 15.9. The maximum atomic E-state index is 6.17. The molecule has 0 heterocycles. The summed E-state index contributed by atoms with van der Waals surface area (Å²) in [6, 6.07) is 20.7. The molecule has 0 N–H and O–H groups in total. The van der Waals surface area contributed by atoms with Gasteiger partial charge in [-0.15, -0.1) is 0 Å². The number of rotatable bonds is 7. The number of benzene rings is 2. The van der Waals surface area contributed by atoms with Crippen LogP contribution >= 0.6 is 0 Å². The van der Waals surface area contributed by atoms with E-state index in [0.29, 0.717) is 19.1 Å². The molecule has 0 unspecified atom stereocenters. The Labute approximate surface area is 139 Å². The van der Waals surface area contributed by atoms with Crippen molar-refractivity contribution in [3.05, 3.63) is 71.8 Å². The molecular formula is C21H26O2. The highest BCUT2D eigenvalue weighted by molar-refractivity contribution is 5.14. The molecule has 0 aliphatic heterocycles. The Bertz CT molecular complexity index is 503. The van der Waals surface area contributed by atoms with Crippen molar-refractivity contribution in [3.8, 4) is 0 Å². The van der Waals surface area contributed by atoms with Crippen molar-refractivity contribution in [1.29, 1.82) is 0 Å². The van der Waals surface area contributed by atoms with Gasteiger partial charge in [0.25, 0.3) is 0 Å². The minimum absolute atomic E-state index is 0.101. The van der Waals surface area contributed by atoms with Gasteiger partial charge in [0.2, 0.25) is 0 Å². The van der Waals surface area contributed by atoms with Gasteiger partial charge in [-0.3, -0.25) is 0 Å². The quantitative estimate of drug-likeness (QED) is 0.644. The van der Waals surface area contributed by atoms with Crippen molar-refractivity contribution < 1.29 is 9.47 Å². The average Bonchev–Trinajstić information content (AvgIpc) is 2.64. The summed E-state index contributed by atoms with van der Waals surface area (Å²) in [7, 11) is 0. The molecule has 0 spiro atoms. The van der Waals surface area contributed by atoms with E-state index in [1.807, 2.05) is 12.1 Å². The topological polar surface area (TPSA) is 18.5 Å². The lowest BCUT2D eigenvalue weighted by molar-refractivity contribution is -0.190. The van der Waals surface area contributed by atoms with Crippen molar-refractivity contribution in [2.24, 2.45) is 5.92 Å². The molecule has 2 aromatic carbocycles. The van der Waals surface area contributed by atoms with Gasteiger partial charge in [-0.1, -0.05) is 79.9 Å². The lowest BCUT2D eigenvalue weighted by Crippen LogP contribution is -2.29. The van der Waals surface area contributed by atoms with Gasteiger partial charge in [-0.2, -0.15) is 0 Å². The van der Waals surface area contributed by atoms with Gasteiger partial charge in [0.05, 0.1) is 13.2 Å². The van der Waals surface area contributed by atoms with Crippen LogP contribution in [0.15, 0.2) is 60.7 Å². The van der Waals surface area contributed by atoms with Crippen LogP contribution in [0, 0.1) is 5.92 Å². The molecular weight excluding hydrogens is 284 g/mol. The summed E-state index contributed by atoms with van der Waals surface area (Å²) in [5, 5.41) is 0. The van der Waals surface area contributed by atoms with E-state index in [2.05, 4.69) is 48.5 Å². The molecule has 2 nitrogen and oxygen atoms in total. The zero-order valence-corrected chi connectivity index (χ0v) is 13.7. The monoisotopic (exact) mass is 310 g/mol. The molecule has 1 saturated carbocycles. The minimum Gasteiger partial charge on any atom is -0.348 e. The predicted molar refractivity (Wildman–Crippen MR) is 92.8 cm³/mol. The molecule has 1 aliphatic rings. The second-order valence-electron chi connectivity index (χ2n) is 6.36. The van der Waals surface area contributed by atoms with Crippen LogP contribution in [0.2, 0.25) is 0 Å². The van der Waals surface area contributed by atoms with Crippen LogP contribution in [0.3, 0.4) is 0 Å². The zero-order chi connectivity index (χ0) is 15.7. The van der Waals surface area contributed by atoms with Gasteiger partial charge < -0.3 is 9.47 Å². The highest BCUT2D eigenvalue weighted by atomic mass is 16.7. The van der Waals surface area contributed by atoms with Crippen molar-refractivity contribution >= 4 is 0 Å². The second kappa shape index (κ2) is 8.85. The van der Waals surface area contributed by atoms with Crippen LogP contribution < -0.4 is 0 Å². The van der Waals surface area contributed by atoms with E-state index < -0.39 is 0 Å². The maximum absolute atomic E-state index is 6.17. The summed E-state index contributed by atoms with van der Waals surface area (Å²) in [6.07, 6.45) is 6.27. The van der Waals surface area contributed by atoms with Gasteiger partial charge in [-0.05, 0) is 24.0 Å². The van der Waals surface area contributed by atoms with Crippen molar-refractivity contribution in [3.63, 3.8) is 0 Å². The fourth-order valence-corrected chi connectivity index (χ4v) is 3.23. The van der Waals surface area contributed by atoms with E-state index in [-0.39, 0.29) is 6.29 Å². The van der Waals surface area contributed by atoms with E-state index >= 15 is 0 Å². The van der Waals surface area contributed by atoms with E-state index in [1.165, 1.54) is 43.2 Å². The molecule has 2 heteroatoms. The molecule has 0 saturated heterocycles. The molecule has 0 bridgehead atoms. The highest BCUT2D eigenvalue weighted by Crippen LogP contribution is 2.29. The minimum atomic E-state index is -0.101. The molecule has 23 heavy (non-hydrogen) atoms. The van der Waals surface area contributed by atoms with Crippen molar-refractivity contribution in [2.75, 3.05) is 0 Å². The summed E-state index contributed by atoms with van der Waals surface area (Å²) in [5.41, 5.74) is 2.41. The van der Waals surface area contributed by atoms with E-state index in [0.717, 1.165) is 0 Å². The lowest BCUT2D eigenvalue weighted by Gasteiger charge is -2.30. The number of ether oxygens (including phenoxy) is 2. The molecule has 0 atom stereocenters. The van der Waals surface area contributed by atoms with Crippen LogP contribution in [0.4, 0.5) is 0 Å². The standard InChI is InChI=1S/C21H26O2/c1-4-10-18(11-5-1)16-22-21(20-14-8-3-9-15-20)23-17-19-12-6-2-7-13-19/h1-2,4-7,10-13,20-21H,3,8-9,14-17H2. The van der Waals surface area contributed by atoms with Crippen LogP contribution in [-0.2, 0) is 22.7 Å². The van der Waals surface area contributed by atoms with Crippen molar-refractivity contribution in [1.82, 2.24) is 0 Å². The van der Waals surface area contributed by atoms with E-state index in [1.54, 1.807) is 0 Å². The average molecular weight is 310 g/mol. The first kappa shape index (κ1) is 16.2. The SMILES string of the molecule is c1ccc(COC(OCc2ccccc2)C2CCCCC2)cc1. The Morgan fingerprint density at radius 3 is 1.65 bits per heavy atom. The first-order valence-corrected chi connectivity index (χ1v) is 8.73. The summed E-state index contributed by atoms with van der Waals surface area (Å²) >= 11 is 0. The van der Waals surface area contributed by atoms with E-state index in [9.17, 15) is 0 Å². The van der Waals surface area contributed by atoms with Gasteiger partial charge in [0.1, 0.15) is 0 Å². The molecule has 1 fully saturated rings. The van der Waals surface area contributed by atoms with Crippen LogP contribution in [0.5, 0.6) is 0 Å². The van der Waals surface area contributed by atoms with Crippen LogP contribution in [-0.4, -0.2) is 6.29 Å². The van der Waals surface area contributed by atoms with Gasteiger partial charge in [0, 0.05) is 5.92 Å². The fourth-order valence-electron chi connectivity index (χ4n) is 3.23. The maximum Gasteiger partial charge on any atom is 0.161 e.